The molecule has 0 aromatic rings. The first-order valence-electron chi connectivity index (χ1n) is 21.3. The van der Waals surface area contributed by atoms with E-state index in [-0.39, 0.29) is 74.5 Å². The number of β-amino-alcohol motifs (C(OH)–C–C–N with tert-alkyl or cyclic N) is 1. The van der Waals surface area contributed by atoms with Crippen molar-refractivity contribution in [1.82, 2.24) is 37.2 Å². The molecule has 2 saturated heterocycles. The number of hydrogen-bond acceptors (Lipinski definition) is 19. The standard InChI is InChI=1S/C37H70N14O11/c38-9-1-5-19(39)13-25(54)44-10-2-6-20(40)14-26(55)45-11-3-7-21(41)15-27(56)46-12-4-8-22(42)16-28(57)48-31-32(58)33(62-36(43)60)24(18-52)61-35(31)51-37-49-29-23(53)17-47-34(59)30(29)50-37/h19-24,29-33,35,52-53,58H,1-18,38-42H2,(H2,43,60)(H,44,54)(H,45,55)(H,46,56)(H,47,59)(H,48,57)(H2,49,50,51). The molecule has 0 spiro atoms. The van der Waals surface area contributed by atoms with Gasteiger partial charge < -0.3 is 96.4 Å². The molecule has 0 aromatic carbocycles. The van der Waals surface area contributed by atoms with Crippen LogP contribution in [0.25, 0.3) is 0 Å². The molecule has 0 aromatic heterocycles. The Morgan fingerprint density at radius 1 is 0.790 bits per heavy atom. The molecule has 3 rings (SSSR count). The summed E-state index contributed by atoms with van der Waals surface area (Å²) in [6, 6.07) is -4.69. The third kappa shape index (κ3) is 18.1. The van der Waals surface area contributed by atoms with E-state index >= 15 is 0 Å². The molecular weight excluding hydrogens is 816 g/mol. The van der Waals surface area contributed by atoms with Gasteiger partial charge in [-0.15, -0.1) is 0 Å². The summed E-state index contributed by atoms with van der Waals surface area (Å²) in [5.74, 6) is -1.59. The average molecular weight is 887 g/mol. The second-order valence-electron chi connectivity index (χ2n) is 16.1. The maximum atomic E-state index is 13.2. The maximum absolute atomic E-state index is 13.2. The number of carbonyl (C=O) groups is 6. The Morgan fingerprint density at radius 3 is 1.73 bits per heavy atom. The van der Waals surface area contributed by atoms with Gasteiger partial charge in [0, 0.05) is 76.0 Å². The predicted octanol–water partition coefficient (Wildman–Crippen LogP) is -6.91. The van der Waals surface area contributed by atoms with E-state index in [2.05, 4.69) is 42.2 Å². The smallest absolute Gasteiger partial charge is 0.404 e. The zero-order chi connectivity index (χ0) is 45.8. The summed E-state index contributed by atoms with van der Waals surface area (Å²) in [5.41, 5.74) is 35.0. The van der Waals surface area contributed by atoms with Gasteiger partial charge in [-0.2, -0.15) is 0 Å². The monoisotopic (exact) mass is 887 g/mol. The van der Waals surface area contributed by atoms with Gasteiger partial charge in [0.25, 0.3) is 0 Å². The topological polar surface area (TPSA) is 434 Å². The fourth-order valence-corrected chi connectivity index (χ4v) is 7.32. The van der Waals surface area contributed by atoms with Crippen molar-refractivity contribution >= 4 is 41.6 Å². The molecule has 0 saturated carbocycles. The van der Waals surface area contributed by atoms with Crippen LogP contribution in [-0.2, 0) is 33.4 Å². The Morgan fingerprint density at radius 2 is 1.27 bits per heavy atom. The van der Waals surface area contributed by atoms with Crippen LogP contribution in [0.15, 0.2) is 4.99 Å². The molecule has 3 aliphatic rings. The normalized spacial score (nSPS) is 26.3. The van der Waals surface area contributed by atoms with Gasteiger partial charge in [-0.25, -0.2) is 9.79 Å². The summed E-state index contributed by atoms with van der Waals surface area (Å²) < 4.78 is 10.9. The number of guanidine groups is 1. The highest BCUT2D eigenvalue weighted by molar-refractivity contribution is 5.92. The second kappa shape index (κ2) is 26.9. The SMILES string of the molecule is NCCCC(N)CC(=O)NCCCC(N)CC(=O)NCCCC(N)CC(=O)NCCCC(N)CC(=O)NC1C(NC2=NC3C(=O)NCC(O)C3N2)OC(CO)C(OC(N)=O)C1O. The fourth-order valence-electron chi connectivity index (χ4n) is 7.32. The lowest BCUT2D eigenvalue weighted by atomic mass is 9.95. The number of amides is 6. The Balaban J connectivity index is 1.31. The van der Waals surface area contributed by atoms with Crippen molar-refractivity contribution in [1.29, 1.82) is 0 Å². The maximum Gasteiger partial charge on any atom is 0.404 e. The van der Waals surface area contributed by atoms with Crippen molar-refractivity contribution in [3.05, 3.63) is 0 Å². The summed E-state index contributed by atoms with van der Waals surface area (Å²) in [7, 11) is 0. The summed E-state index contributed by atoms with van der Waals surface area (Å²) in [4.78, 5) is 78.0. The highest BCUT2D eigenvalue weighted by atomic mass is 16.6. The molecule has 25 heteroatoms. The largest absolute Gasteiger partial charge is 0.441 e. The van der Waals surface area contributed by atoms with Crippen LogP contribution in [0.3, 0.4) is 0 Å². The molecule has 3 aliphatic heterocycles. The minimum absolute atomic E-state index is 0.00971. The molecule has 12 unspecified atom stereocenters. The first-order chi connectivity index (χ1) is 29.5. The number of primary amides is 1. The molecular formula is C37H70N14O11. The van der Waals surface area contributed by atoms with Crippen LogP contribution in [0.1, 0.15) is 77.0 Å². The molecule has 0 radical (unpaired) electrons. The molecule has 0 bridgehead atoms. The number of piperidine rings is 1. The minimum atomic E-state index is -1.64. The number of aliphatic hydroxyl groups excluding tert-OH is 3. The van der Waals surface area contributed by atoms with Gasteiger partial charge >= 0.3 is 6.09 Å². The summed E-state index contributed by atoms with van der Waals surface area (Å²) >= 11 is 0. The van der Waals surface area contributed by atoms with E-state index < -0.39 is 85.4 Å². The fraction of sp³-hybridized carbons (Fsp3) is 0.811. The van der Waals surface area contributed by atoms with Crippen LogP contribution in [0.2, 0.25) is 0 Å². The van der Waals surface area contributed by atoms with Crippen LogP contribution in [0.4, 0.5) is 4.79 Å². The van der Waals surface area contributed by atoms with E-state index in [0.717, 1.165) is 6.42 Å². The van der Waals surface area contributed by atoms with Crippen molar-refractivity contribution in [2.75, 3.05) is 39.3 Å². The van der Waals surface area contributed by atoms with Gasteiger partial charge in [-0.1, -0.05) is 0 Å². The minimum Gasteiger partial charge on any atom is -0.441 e. The van der Waals surface area contributed by atoms with Crippen LogP contribution >= 0.6 is 0 Å². The van der Waals surface area contributed by atoms with Crippen molar-refractivity contribution < 1.29 is 53.6 Å². The Hall–Kier alpha value is -4.47. The van der Waals surface area contributed by atoms with Crippen molar-refractivity contribution in [3.8, 4) is 0 Å². The van der Waals surface area contributed by atoms with Crippen molar-refractivity contribution in [2.24, 2.45) is 39.4 Å². The Kier molecular flexibility index (Phi) is 22.5. The molecule has 12 atom stereocenters. The van der Waals surface area contributed by atoms with Crippen LogP contribution in [0, 0.1) is 0 Å². The van der Waals surface area contributed by atoms with E-state index in [1.165, 1.54) is 0 Å². The molecule has 22 N–H and O–H groups in total. The van der Waals surface area contributed by atoms with Crippen molar-refractivity contribution in [2.45, 2.75) is 150 Å². The zero-order valence-electron chi connectivity index (χ0n) is 35.2. The number of fused-ring (bicyclic) bond motifs is 1. The molecule has 25 nitrogen and oxygen atoms in total. The number of rotatable bonds is 27. The number of hydrogen-bond donors (Lipinski definition) is 16. The first-order valence-corrected chi connectivity index (χ1v) is 21.3. The highest BCUT2D eigenvalue weighted by Gasteiger charge is 2.49. The summed E-state index contributed by atoms with van der Waals surface area (Å²) in [6.07, 6.45) is -3.15. The summed E-state index contributed by atoms with van der Waals surface area (Å²) in [6.45, 7) is 0.932. The molecule has 0 aliphatic carbocycles. The van der Waals surface area contributed by atoms with Crippen LogP contribution < -0.4 is 71.6 Å². The number of aliphatic hydroxyl groups is 3. The van der Waals surface area contributed by atoms with E-state index in [0.29, 0.717) is 64.6 Å². The molecule has 62 heavy (non-hydrogen) atoms. The van der Waals surface area contributed by atoms with E-state index in [9.17, 15) is 44.1 Å². The quantitative estimate of drug-likeness (QED) is 0.0341. The van der Waals surface area contributed by atoms with Gasteiger partial charge in [-0.3, -0.25) is 24.0 Å². The Bertz CT molecular complexity index is 1500. The molecule has 6 amide bonds. The van der Waals surface area contributed by atoms with Gasteiger partial charge in [-0.05, 0) is 57.9 Å². The highest BCUT2D eigenvalue weighted by Crippen LogP contribution is 2.24. The first kappa shape index (κ1) is 51.9. The van der Waals surface area contributed by atoms with Crippen molar-refractivity contribution in [3.63, 3.8) is 0 Å². The van der Waals surface area contributed by atoms with Gasteiger partial charge in [0.05, 0.1) is 18.8 Å². The number of nitrogens with one attached hydrogen (secondary N) is 7. The number of nitrogens with zero attached hydrogens (tertiary/aromatic N) is 1. The lowest BCUT2D eigenvalue weighted by Crippen LogP contribution is -2.70. The third-order valence-corrected chi connectivity index (χ3v) is 10.6. The summed E-state index contributed by atoms with van der Waals surface area (Å²) in [5, 5.41) is 50.8. The van der Waals surface area contributed by atoms with E-state index in [4.69, 9.17) is 43.9 Å². The van der Waals surface area contributed by atoms with Gasteiger partial charge in [0.2, 0.25) is 29.5 Å². The van der Waals surface area contributed by atoms with Gasteiger partial charge in [0.15, 0.2) is 24.3 Å². The number of nitrogens with two attached hydrogens (primary N) is 6. The third-order valence-electron chi connectivity index (χ3n) is 10.6. The lowest BCUT2D eigenvalue weighted by molar-refractivity contribution is -0.198. The average Bonchev–Trinajstić information content (AvgIpc) is 3.64. The van der Waals surface area contributed by atoms with Crippen LogP contribution in [0.5, 0.6) is 0 Å². The van der Waals surface area contributed by atoms with Gasteiger partial charge in [0.1, 0.15) is 18.2 Å². The van der Waals surface area contributed by atoms with E-state index in [1.54, 1.807) is 0 Å². The number of carbonyl (C=O) groups excluding carboxylic acids is 6. The van der Waals surface area contributed by atoms with Crippen LogP contribution in [-0.4, -0.2) is 169 Å². The molecule has 2 fully saturated rings. The number of aliphatic imine (C=N–C) groups is 1. The molecule has 354 valence electrons. The van der Waals surface area contributed by atoms with E-state index in [1.807, 2.05) is 0 Å². The number of ether oxygens (including phenoxy) is 2. The zero-order valence-corrected chi connectivity index (χ0v) is 35.2. The second-order valence-corrected chi connectivity index (χ2v) is 16.1. The predicted molar refractivity (Wildman–Crippen MR) is 224 cm³/mol. The lowest BCUT2D eigenvalue weighted by Gasteiger charge is -2.44. The molecule has 3 heterocycles. The Labute approximate surface area is 360 Å².